The van der Waals surface area contributed by atoms with Gasteiger partial charge >= 0.3 is 0 Å². The second-order valence-electron chi connectivity index (χ2n) is 15.1. The molecule has 0 saturated carbocycles. The van der Waals surface area contributed by atoms with Crippen molar-refractivity contribution in [2.75, 3.05) is 7.11 Å². The highest BCUT2D eigenvalue weighted by Gasteiger charge is 2.30. The molecule has 0 spiro atoms. The van der Waals surface area contributed by atoms with Crippen LogP contribution in [0.25, 0.3) is 44.4 Å². The first-order chi connectivity index (χ1) is 24.0. The number of ether oxygens (including phenoxy) is 2. The zero-order chi connectivity index (χ0) is 35.2. The van der Waals surface area contributed by atoms with E-state index in [0.717, 1.165) is 69.1 Å². The fourth-order valence-corrected chi connectivity index (χ4v) is 6.91. The van der Waals surface area contributed by atoms with Gasteiger partial charge in [-0.15, -0.1) is 0 Å². The molecule has 0 saturated heterocycles. The molecule has 7 aromatic rings. The highest BCUT2D eigenvalue weighted by molar-refractivity contribution is 6.09. The molecule has 7 rings (SSSR count). The normalized spacial score (nSPS) is 12.2. The molecule has 6 heteroatoms. The van der Waals surface area contributed by atoms with Gasteiger partial charge in [0.2, 0.25) is 0 Å². The molecule has 4 aromatic carbocycles. The molecule has 0 unspecified atom stereocenters. The van der Waals surface area contributed by atoms with Crippen LogP contribution in [0, 0.1) is 0 Å². The number of nitrogens with zero attached hydrogens (tertiary/aromatic N) is 4. The van der Waals surface area contributed by atoms with Crippen molar-refractivity contribution in [3.05, 3.63) is 126 Å². The van der Waals surface area contributed by atoms with Crippen LogP contribution in [-0.4, -0.2) is 26.4 Å². The van der Waals surface area contributed by atoms with Gasteiger partial charge < -0.3 is 9.47 Å². The third-order valence-corrected chi connectivity index (χ3v) is 9.28. The minimum Gasteiger partial charge on any atom is -0.497 e. The van der Waals surface area contributed by atoms with Crippen molar-refractivity contribution in [3.63, 3.8) is 0 Å². The van der Waals surface area contributed by atoms with Crippen LogP contribution in [0.1, 0.15) is 71.8 Å². The second-order valence-corrected chi connectivity index (χ2v) is 15.1. The third-order valence-electron chi connectivity index (χ3n) is 9.28. The van der Waals surface area contributed by atoms with Crippen LogP contribution in [-0.2, 0) is 17.3 Å². The molecule has 50 heavy (non-hydrogen) atoms. The summed E-state index contributed by atoms with van der Waals surface area (Å²) in [6.07, 6.45) is 3.70. The molecule has 0 aliphatic rings. The fraction of sp³-hybridized carbons (Fsp3) is 0.273. The zero-order valence-electron chi connectivity index (χ0n) is 30.4. The molecule has 0 atom stereocenters. The van der Waals surface area contributed by atoms with E-state index in [1.54, 1.807) is 13.3 Å². The molecule has 0 amide bonds. The van der Waals surface area contributed by atoms with Crippen molar-refractivity contribution in [2.24, 2.45) is 0 Å². The average molecular weight is 663 g/mol. The van der Waals surface area contributed by atoms with E-state index in [-0.39, 0.29) is 10.8 Å². The van der Waals surface area contributed by atoms with Gasteiger partial charge in [-0.1, -0.05) is 103 Å². The van der Waals surface area contributed by atoms with Crippen molar-refractivity contribution in [3.8, 4) is 39.9 Å². The van der Waals surface area contributed by atoms with Crippen LogP contribution in [0.15, 0.2) is 109 Å². The van der Waals surface area contributed by atoms with Gasteiger partial charge in [-0.3, -0.25) is 4.57 Å². The fourth-order valence-electron chi connectivity index (χ4n) is 6.91. The third kappa shape index (κ3) is 6.15. The van der Waals surface area contributed by atoms with Crippen molar-refractivity contribution < 1.29 is 9.47 Å². The summed E-state index contributed by atoms with van der Waals surface area (Å²) in [5.41, 5.74) is 8.71. The lowest BCUT2D eigenvalue weighted by atomic mass is 9.85. The zero-order valence-corrected chi connectivity index (χ0v) is 30.4. The summed E-state index contributed by atoms with van der Waals surface area (Å²) in [6, 6.07) is 35.8. The van der Waals surface area contributed by atoms with Crippen molar-refractivity contribution in [2.45, 2.75) is 72.1 Å². The van der Waals surface area contributed by atoms with Crippen LogP contribution < -0.4 is 9.47 Å². The van der Waals surface area contributed by atoms with Crippen LogP contribution >= 0.6 is 0 Å². The van der Waals surface area contributed by atoms with Crippen molar-refractivity contribution >= 4 is 21.8 Å². The number of rotatable bonds is 8. The van der Waals surface area contributed by atoms with Crippen molar-refractivity contribution in [1.29, 1.82) is 0 Å². The number of methoxy groups -OCH3 is 1. The largest absolute Gasteiger partial charge is 0.497 e. The van der Waals surface area contributed by atoms with E-state index in [1.165, 1.54) is 22.4 Å². The van der Waals surface area contributed by atoms with E-state index in [1.807, 2.05) is 12.1 Å². The maximum atomic E-state index is 6.81. The number of hydrogen-bond acceptors (Lipinski definition) is 4. The minimum absolute atomic E-state index is 0.119. The lowest BCUT2D eigenvalue weighted by Gasteiger charge is -2.25. The highest BCUT2D eigenvalue weighted by atomic mass is 16.5. The minimum atomic E-state index is -0.171. The number of fused-ring (bicyclic) bond motifs is 3. The number of pyridine rings is 1. The predicted molar refractivity (Wildman–Crippen MR) is 206 cm³/mol. The molecule has 254 valence electrons. The van der Waals surface area contributed by atoms with E-state index in [4.69, 9.17) is 19.6 Å². The molecule has 3 aromatic heterocycles. The quantitative estimate of drug-likeness (QED) is 0.162. The molecule has 0 N–H and O–H groups in total. The van der Waals surface area contributed by atoms with E-state index >= 15 is 0 Å². The molecule has 0 radical (unpaired) electrons. The van der Waals surface area contributed by atoms with E-state index in [9.17, 15) is 0 Å². The van der Waals surface area contributed by atoms with Crippen LogP contribution in [0.5, 0.6) is 17.2 Å². The first kappa shape index (κ1) is 33.2. The second kappa shape index (κ2) is 12.8. The summed E-state index contributed by atoms with van der Waals surface area (Å²) >= 11 is 0. The Bertz CT molecular complexity index is 2320. The van der Waals surface area contributed by atoms with Crippen LogP contribution in [0.4, 0.5) is 0 Å². The number of benzene rings is 4. The monoisotopic (exact) mass is 662 g/mol. The summed E-state index contributed by atoms with van der Waals surface area (Å²) < 4.78 is 16.7. The Morgan fingerprint density at radius 1 is 0.680 bits per heavy atom. The Balaban J connectivity index is 1.40. The molecule has 0 aliphatic heterocycles. The molecule has 3 heterocycles. The standard InChI is InChI=1S/C44H46N4O2/c1-9-15-37-41(29-16-11-10-12-17-29)42(44(5,6)7)48(46-37)31-24-30(43(2,3)4)25-34(26-31)50-33-20-21-36-35-18-13-14-19-38(35)47(39(36)27-33)40-28-32(49-8)22-23-45-40/h10-14,16-28H,9,15H2,1-8H3. The van der Waals surface area contributed by atoms with Gasteiger partial charge in [-0.25, -0.2) is 9.67 Å². The Labute approximate surface area is 295 Å². The van der Waals surface area contributed by atoms with Gasteiger partial charge in [-0.05, 0) is 59.4 Å². The van der Waals surface area contributed by atoms with Gasteiger partial charge in [-0.2, -0.15) is 5.10 Å². The summed E-state index contributed by atoms with van der Waals surface area (Å²) in [5, 5.41) is 7.63. The Hall–Kier alpha value is -5.36. The highest BCUT2D eigenvalue weighted by Crippen LogP contribution is 2.41. The smallest absolute Gasteiger partial charge is 0.141 e. The number of para-hydroxylation sites is 1. The first-order valence-corrected chi connectivity index (χ1v) is 17.5. The van der Waals surface area contributed by atoms with Gasteiger partial charge in [0.05, 0.1) is 35.2 Å². The van der Waals surface area contributed by atoms with Crippen molar-refractivity contribution in [1.82, 2.24) is 19.3 Å². The predicted octanol–water partition coefficient (Wildman–Crippen LogP) is 11.4. The van der Waals surface area contributed by atoms with Gasteiger partial charge in [0.25, 0.3) is 0 Å². The maximum absolute atomic E-state index is 6.81. The molecule has 0 fully saturated rings. The Morgan fingerprint density at radius 3 is 2.14 bits per heavy atom. The van der Waals surface area contributed by atoms with Crippen LogP contribution in [0.3, 0.4) is 0 Å². The van der Waals surface area contributed by atoms with Gasteiger partial charge in [0, 0.05) is 46.1 Å². The van der Waals surface area contributed by atoms with Gasteiger partial charge in [0.1, 0.15) is 23.1 Å². The summed E-state index contributed by atoms with van der Waals surface area (Å²) in [6.45, 7) is 15.8. The topological polar surface area (TPSA) is 54.1 Å². The lowest BCUT2D eigenvalue weighted by Crippen LogP contribution is -2.19. The lowest BCUT2D eigenvalue weighted by molar-refractivity contribution is 0.414. The van der Waals surface area contributed by atoms with E-state index in [2.05, 4.69) is 149 Å². The molecular formula is C44H46N4O2. The average Bonchev–Trinajstić information content (AvgIpc) is 3.65. The van der Waals surface area contributed by atoms with Gasteiger partial charge in [0.15, 0.2) is 0 Å². The SMILES string of the molecule is CCCc1nn(-c2cc(Oc3ccc4c5ccccc5n(-c5cc(OC)ccn5)c4c3)cc(C(C)(C)C)c2)c(C(C)(C)C)c1-c1ccccc1. The molecule has 0 bridgehead atoms. The van der Waals surface area contributed by atoms with E-state index in [0.29, 0.717) is 0 Å². The Morgan fingerprint density at radius 2 is 1.42 bits per heavy atom. The molecular weight excluding hydrogens is 617 g/mol. The summed E-state index contributed by atoms with van der Waals surface area (Å²) in [5.74, 6) is 3.05. The Kier molecular flexibility index (Phi) is 8.51. The number of aryl methyl sites for hydroxylation is 1. The summed E-state index contributed by atoms with van der Waals surface area (Å²) in [4.78, 5) is 4.73. The molecule has 0 aliphatic carbocycles. The number of aromatic nitrogens is 4. The van der Waals surface area contributed by atoms with E-state index < -0.39 is 0 Å². The first-order valence-electron chi connectivity index (χ1n) is 17.5. The summed E-state index contributed by atoms with van der Waals surface area (Å²) in [7, 11) is 1.68. The van der Waals surface area contributed by atoms with Crippen LogP contribution in [0.2, 0.25) is 0 Å². The number of hydrogen-bond donors (Lipinski definition) is 0. The molecule has 6 nitrogen and oxygen atoms in total. The maximum Gasteiger partial charge on any atom is 0.141 e.